The maximum absolute atomic E-state index is 12.9. The highest BCUT2D eigenvalue weighted by atomic mass is 32.2. The van der Waals surface area contributed by atoms with E-state index in [1.807, 2.05) is 24.3 Å². The third-order valence-electron chi connectivity index (χ3n) is 4.42. The molecule has 2 N–H and O–H groups in total. The first-order valence-corrected chi connectivity index (χ1v) is 9.84. The van der Waals surface area contributed by atoms with Crippen LogP contribution in [0.2, 0.25) is 0 Å². The number of rotatable bonds is 6. The lowest BCUT2D eigenvalue weighted by Gasteiger charge is -2.16. The van der Waals surface area contributed by atoms with Gasteiger partial charge in [0.05, 0.1) is 7.11 Å². The van der Waals surface area contributed by atoms with Crippen molar-refractivity contribution in [2.24, 2.45) is 0 Å². The molecule has 0 amide bonds. The van der Waals surface area contributed by atoms with Crippen LogP contribution in [-0.4, -0.2) is 42.8 Å². The van der Waals surface area contributed by atoms with Crippen molar-refractivity contribution in [2.75, 3.05) is 7.11 Å². The predicted octanol–water partition coefficient (Wildman–Crippen LogP) is 1.77. The Morgan fingerprint density at radius 1 is 1.21 bits per heavy atom. The third-order valence-corrected chi connectivity index (χ3v) is 5.92. The molecule has 0 aliphatic heterocycles. The second-order valence-electron chi connectivity index (χ2n) is 6.15. The van der Waals surface area contributed by atoms with E-state index in [0.29, 0.717) is 5.52 Å². The van der Waals surface area contributed by atoms with Crippen LogP contribution in [0.15, 0.2) is 58.2 Å². The summed E-state index contributed by atoms with van der Waals surface area (Å²) in [5.74, 6) is -0.695. The number of fused-ring (bicyclic) bond motifs is 2. The summed E-state index contributed by atoms with van der Waals surface area (Å²) in [6.45, 7) is 0. The second-order valence-corrected chi connectivity index (χ2v) is 7.83. The summed E-state index contributed by atoms with van der Waals surface area (Å²) in [5, 5.41) is 8.19. The van der Waals surface area contributed by atoms with Crippen LogP contribution in [0, 0.1) is 0 Å². The molecule has 1 atom stereocenters. The number of hydrogen-bond donors (Lipinski definition) is 2. The molecule has 1 unspecified atom stereocenters. The predicted molar refractivity (Wildman–Crippen MR) is 99.9 cm³/mol. The van der Waals surface area contributed by atoms with Crippen molar-refractivity contribution in [3.63, 3.8) is 0 Å². The van der Waals surface area contributed by atoms with E-state index < -0.39 is 22.0 Å². The monoisotopic (exact) mass is 400 g/mol. The van der Waals surface area contributed by atoms with Crippen LogP contribution in [0.25, 0.3) is 21.9 Å². The number of hydrogen-bond acceptors (Lipinski definition) is 7. The molecule has 0 saturated heterocycles. The van der Waals surface area contributed by atoms with Crippen LogP contribution in [0.1, 0.15) is 5.56 Å². The van der Waals surface area contributed by atoms with E-state index in [-0.39, 0.29) is 16.8 Å². The fraction of sp³-hybridized carbons (Fsp3) is 0.167. The number of esters is 1. The Bertz CT molecular complexity index is 1260. The Labute approximate surface area is 159 Å². The van der Waals surface area contributed by atoms with Gasteiger partial charge in [0.25, 0.3) is 0 Å². The number of carbonyl (C=O) groups is 1. The van der Waals surface area contributed by atoms with Gasteiger partial charge in [-0.2, -0.15) is 4.72 Å². The number of aromatic nitrogens is 3. The molecule has 0 fully saturated rings. The van der Waals surface area contributed by atoms with Gasteiger partial charge < -0.3 is 9.72 Å². The molecule has 0 spiro atoms. The fourth-order valence-corrected chi connectivity index (χ4v) is 4.42. The Morgan fingerprint density at radius 2 is 2.04 bits per heavy atom. The number of para-hydroxylation sites is 1. The largest absolute Gasteiger partial charge is 0.468 e. The number of carbonyl (C=O) groups excluding carboxylic acids is 1. The molecule has 0 aliphatic rings. The molecule has 0 radical (unpaired) electrons. The highest BCUT2D eigenvalue weighted by Gasteiger charge is 2.29. The standard InChI is InChI=1S/C18H16N4O5S/c1-26-18(23)15(9-11-10-19-13-6-3-2-5-12(11)13)22-28(24,25)16-8-4-7-14-17(16)21-27-20-14/h2-8,10,15,19,22H,9H2,1H3. The molecule has 4 rings (SSSR count). The Kier molecular flexibility index (Phi) is 4.57. The summed E-state index contributed by atoms with van der Waals surface area (Å²) < 4.78 is 37.7. The molecule has 10 heteroatoms. The molecule has 4 aromatic rings. The molecule has 0 saturated carbocycles. The van der Waals surface area contributed by atoms with Gasteiger partial charge >= 0.3 is 5.97 Å². The number of methoxy groups -OCH3 is 1. The van der Waals surface area contributed by atoms with E-state index >= 15 is 0 Å². The van der Waals surface area contributed by atoms with E-state index in [1.165, 1.54) is 19.2 Å². The highest BCUT2D eigenvalue weighted by Crippen LogP contribution is 2.22. The fourth-order valence-electron chi connectivity index (χ4n) is 3.08. The molecule has 9 nitrogen and oxygen atoms in total. The van der Waals surface area contributed by atoms with Crippen molar-refractivity contribution in [3.05, 3.63) is 54.2 Å². The minimum Gasteiger partial charge on any atom is -0.468 e. The molecule has 144 valence electrons. The molecular formula is C18H16N4O5S. The number of ether oxygens (including phenoxy) is 1. The Balaban J connectivity index is 1.68. The smallest absolute Gasteiger partial charge is 0.324 e. The maximum Gasteiger partial charge on any atom is 0.324 e. The molecule has 28 heavy (non-hydrogen) atoms. The minimum absolute atomic E-state index is 0.0886. The van der Waals surface area contributed by atoms with Gasteiger partial charge in [0, 0.05) is 23.5 Å². The first kappa shape index (κ1) is 18.1. The Hall–Kier alpha value is -3.24. The van der Waals surface area contributed by atoms with E-state index in [9.17, 15) is 13.2 Å². The zero-order chi connectivity index (χ0) is 19.7. The number of nitrogens with one attached hydrogen (secondary N) is 2. The van der Waals surface area contributed by atoms with Crippen molar-refractivity contribution in [1.29, 1.82) is 0 Å². The average molecular weight is 400 g/mol. The summed E-state index contributed by atoms with van der Waals surface area (Å²) in [7, 11) is -2.88. The zero-order valence-electron chi connectivity index (χ0n) is 14.7. The lowest BCUT2D eigenvalue weighted by atomic mass is 10.1. The molecule has 2 aromatic heterocycles. The van der Waals surface area contributed by atoms with Crippen LogP contribution >= 0.6 is 0 Å². The molecule has 2 heterocycles. The highest BCUT2D eigenvalue weighted by molar-refractivity contribution is 7.89. The van der Waals surface area contributed by atoms with Crippen LogP contribution in [0.4, 0.5) is 0 Å². The SMILES string of the molecule is COC(=O)C(Cc1c[nH]c2ccccc12)NS(=O)(=O)c1cccc2nonc12. The summed E-state index contributed by atoms with van der Waals surface area (Å²) in [4.78, 5) is 15.3. The number of sulfonamides is 1. The summed E-state index contributed by atoms with van der Waals surface area (Å²) in [6.07, 6.45) is 1.86. The molecular weight excluding hydrogens is 384 g/mol. The summed E-state index contributed by atoms with van der Waals surface area (Å²) >= 11 is 0. The van der Waals surface area contributed by atoms with Crippen molar-refractivity contribution >= 4 is 37.9 Å². The van der Waals surface area contributed by atoms with Crippen LogP contribution < -0.4 is 4.72 Å². The van der Waals surface area contributed by atoms with Gasteiger partial charge in [-0.15, -0.1) is 0 Å². The summed E-state index contributed by atoms with van der Waals surface area (Å²) in [5.41, 5.74) is 2.07. The van der Waals surface area contributed by atoms with E-state index in [2.05, 4.69) is 24.6 Å². The lowest BCUT2D eigenvalue weighted by Crippen LogP contribution is -2.43. The maximum atomic E-state index is 12.9. The van der Waals surface area contributed by atoms with Crippen molar-refractivity contribution in [3.8, 4) is 0 Å². The van der Waals surface area contributed by atoms with Crippen molar-refractivity contribution < 1.29 is 22.6 Å². The average Bonchev–Trinajstić information content (AvgIpc) is 3.33. The van der Waals surface area contributed by atoms with Gasteiger partial charge in [-0.05, 0) is 34.1 Å². The van der Waals surface area contributed by atoms with Crippen molar-refractivity contribution in [2.45, 2.75) is 17.4 Å². The number of benzene rings is 2. The lowest BCUT2D eigenvalue weighted by molar-refractivity contribution is -0.142. The van der Waals surface area contributed by atoms with Crippen LogP contribution in [-0.2, 0) is 26.0 Å². The quantitative estimate of drug-likeness (QED) is 0.472. The Morgan fingerprint density at radius 3 is 2.86 bits per heavy atom. The van der Waals surface area contributed by atoms with Crippen LogP contribution in [0.3, 0.4) is 0 Å². The second kappa shape index (κ2) is 7.06. The van der Waals surface area contributed by atoms with Gasteiger partial charge in [-0.3, -0.25) is 4.79 Å². The first-order chi connectivity index (χ1) is 13.5. The van der Waals surface area contributed by atoms with E-state index in [0.717, 1.165) is 16.5 Å². The van der Waals surface area contributed by atoms with Gasteiger partial charge in [0.1, 0.15) is 16.5 Å². The topological polar surface area (TPSA) is 127 Å². The molecule has 0 aliphatic carbocycles. The third kappa shape index (κ3) is 3.23. The van der Waals surface area contributed by atoms with Gasteiger partial charge in [-0.1, -0.05) is 24.3 Å². The minimum atomic E-state index is -4.09. The number of aromatic amines is 1. The normalized spacial score (nSPS) is 13.0. The molecule has 2 aromatic carbocycles. The van der Waals surface area contributed by atoms with E-state index in [1.54, 1.807) is 12.3 Å². The summed E-state index contributed by atoms with van der Waals surface area (Å²) in [6, 6.07) is 10.9. The number of H-pyrrole nitrogens is 1. The number of nitrogens with zero attached hydrogens (tertiary/aromatic N) is 2. The van der Waals surface area contributed by atoms with Gasteiger partial charge in [0.2, 0.25) is 10.0 Å². The van der Waals surface area contributed by atoms with Gasteiger partial charge in [0.15, 0.2) is 5.52 Å². The van der Waals surface area contributed by atoms with Crippen LogP contribution in [0.5, 0.6) is 0 Å². The van der Waals surface area contributed by atoms with Gasteiger partial charge in [-0.25, -0.2) is 13.0 Å². The van der Waals surface area contributed by atoms with E-state index in [4.69, 9.17) is 4.74 Å². The first-order valence-electron chi connectivity index (χ1n) is 8.36. The van der Waals surface area contributed by atoms with Crippen molar-refractivity contribution in [1.82, 2.24) is 20.0 Å². The zero-order valence-corrected chi connectivity index (χ0v) is 15.6. The molecule has 0 bridgehead atoms.